The van der Waals surface area contributed by atoms with Crippen molar-refractivity contribution in [3.05, 3.63) is 56.6 Å². The first kappa shape index (κ1) is 17.5. The van der Waals surface area contributed by atoms with Crippen LogP contribution < -0.4 is 11.1 Å². The molecule has 0 spiro atoms. The second-order valence-corrected chi connectivity index (χ2v) is 7.51. The molecule has 0 aliphatic carbocycles. The number of hydrogen-bond donors (Lipinski definition) is 1. The zero-order valence-corrected chi connectivity index (χ0v) is 15.5. The number of nitrogens with one attached hydrogen (secondary N) is 1. The lowest BCUT2D eigenvalue weighted by Crippen LogP contribution is -2.35. The lowest BCUT2D eigenvalue weighted by Gasteiger charge is -2.11. The molecule has 0 aliphatic heterocycles. The highest BCUT2D eigenvalue weighted by Gasteiger charge is 2.17. The molecule has 7 heteroatoms. The molecule has 0 amide bonds. The van der Waals surface area contributed by atoms with Crippen LogP contribution in [0.2, 0.25) is 0 Å². The van der Waals surface area contributed by atoms with Crippen LogP contribution in [0.3, 0.4) is 0 Å². The summed E-state index contributed by atoms with van der Waals surface area (Å²) < 4.78 is 3.34. The number of thioether (sulfide) groups is 1. The van der Waals surface area contributed by atoms with E-state index in [0.717, 1.165) is 18.0 Å². The van der Waals surface area contributed by atoms with Gasteiger partial charge >= 0.3 is 11.1 Å². The molecule has 1 aromatic carbocycles. The van der Waals surface area contributed by atoms with Crippen molar-refractivity contribution in [2.24, 2.45) is 7.05 Å². The molecule has 2 aromatic heterocycles. The van der Waals surface area contributed by atoms with E-state index in [2.05, 4.69) is 35.9 Å². The topological polar surface area (TPSA) is 72.7 Å². The summed E-state index contributed by atoms with van der Waals surface area (Å²) in [4.78, 5) is 31.2. The minimum atomic E-state index is -0.615. The Hall–Kier alpha value is -2.28. The van der Waals surface area contributed by atoms with Crippen LogP contribution in [0, 0.1) is 0 Å². The van der Waals surface area contributed by atoms with Gasteiger partial charge in [0.2, 0.25) is 0 Å². The molecular weight excluding hydrogens is 336 g/mol. The van der Waals surface area contributed by atoms with Crippen molar-refractivity contribution in [1.82, 2.24) is 19.1 Å². The lowest BCUT2D eigenvalue weighted by molar-refractivity contribution is 0.644. The lowest BCUT2D eigenvalue weighted by atomic mass is 10.1. The van der Waals surface area contributed by atoms with Crippen LogP contribution in [0.25, 0.3) is 11.3 Å². The van der Waals surface area contributed by atoms with Crippen molar-refractivity contribution in [1.29, 1.82) is 0 Å². The van der Waals surface area contributed by atoms with Crippen molar-refractivity contribution in [2.45, 2.75) is 43.6 Å². The molecule has 0 fully saturated rings. The summed E-state index contributed by atoms with van der Waals surface area (Å²) in [6, 6.07) is 10.2. The molecule has 0 radical (unpaired) electrons. The molecule has 25 heavy (non-hydrogen) atoms. The highest BCUT2D eigenvalue weighted by atomic mass is 32.2. The average Bonchev–Trinajstić information content (AvgIpc) is 2.96. The van der Waals surface area contributed by atoms with Crippen molar-refractivity contribution in [3.8, 4) is 0 Å². The predicted octanol–water partition coefficient (Wildman–Crippen LogP) is 2.56. The number of imidazole rings is 1. The number of aryl methyl sites for hydroxylation is 3. The minimum Gasteiger partial charge on any atom is -0.303 e. The van der Waals surface area contributed by atoms with E-state index >= 15 is 0 Å². The molecule has 0 bridgehead atoms. The van der Waals surface area contributed by atoms with Gasteiger partial charge in [-0.2, -0.15) is 0 Å². The van der Waals surface area contributed by atoms with Gasteiger partial charge < -0.3 is 9.55 Å². The van der Waals surface area contributed by atoms with E-state index in [1.54, 1.807) is 18.8 Å². The molecule has 1 atom stereocenters. The van der Waals surface area contributed by atoms with Gasteiger partial charge in [0.25, 0.3) is 0 Å². The van der Waals surface area contributed by atoms with Crippen molar-refractivity contribution >= 4 is 23.1 Å². The second kappa shape index (κ2) is 7.31. The summed E-state index contributed by atoms with van der Waals surface area (Å²) in [6.07, 6.45) is 1.84. The number of H-pyrrole nitrogens is 1. The second-order valence-electron chi connectivity index (χ2n) is 6.11. The summed E-state index contributed by atoms with van der Waals surface area (Å²) in [5.74, 6) is 0. The monoisotopic (exact) mass is 358 g/mol. The van der Waals surface area contributed by atoms with E-state index in [-0.39, 0.29) is 0 Å². The number of rotatable bonds is 6. The SMILES string of the molecule is CCC(C)Sc1nc2c([nH]c(=O)c(=O)n2C)n1CCc1ccccc1. The van der Waals surface area contributed by atoms with Crippen molar-refractivity contribution < 1.29 is 0 Å². The Balaban J connectivity index is 2.07. The van der Waals surface area contributed by atoms with Crippen molar-refractivity contribution in [2.75, 3.05) is 0 Å². The molecule has 2 heterocycles. The fourth-order valence-corrected chi connectivity index (χ4v) is 3.61. The highest BCUT2D eigenvalue weighted by molar-refractivity contribution is 7.99. The molecule has 6 nitrogen and oxygen atoms in total. The van der Waals surface area contributed by atoms with Gasteiger partial charge in [-0.25, -0.2) is 4.98 Å². The third-order valence-electron chi connectivity index (χ3n) is 4.31. The maximum absolute atomic E-state index is 11.9. The number of fused-ring (bicyclic) bond motifs is 1. The number of aromatic nitrogens is 4. The molecule has 132 valence electrons. The van der Waals surface area contributed by atoms with Crippen LogP contribution in [0.5, 0.6) is 0 Å². The summed E-state index contributed by atoms with van der Waals surface area (Å²) >= 11 is 1.67. The Kier molecular flexibility index (Phi) is 5.13. The molecule has 0 aliphatic rings. The normalized spacial score (nSPS) is 12.6. The van der Waals surface area contributed by atoms with E-state index in [4.69, 9.17) is 0 Å². The first-order valence-corrected chi connectivity index (χ1v) is 9.29. The van der Waals surface area contributed by atoms with E-state index < -0.39 is 11.1 Å². The maximum Gasteiger partial charge on any atom is 0.317 e. The van der Waals surface area contributed by atoms with Crippen LogP contribution in [-0.4, -0.2) is 24.4 Å². The van der Waals surface area contributed by atoms with Crippen molar-refractivity contribution in [3.63, 3.8) is 0 Å². The quantitative estimate of drug-likeness (QED) is 0.543. The average molecular weight is 358 g/mol. The smallest absolute Gasteiger partial charge is 0.303 e. The zero-order valence-electron chi connectivity index (χ0n) is 14.7. The minimum absolute atomic E-state index is 0.399. The molecule has 1 N–H and O–H groups in total. The van der Waals surface area contributed by atoms with Crippen LogP contribution in [0.15, 0.2) is 45.1 Å². The Morgan fingerprint density at radius 1 is 1.24 bits per heavy atom. The van der Waals surface area contributed by atoms with Gasteiger partial charge in [-0.3, -0.25) is 14.2 Å². The summed E-state index contributed by atoms with van der Waals surface area (Å²) in [5, 5.41) is 1.23. The molecule has 3 rings (SSSR count). The van der Waals surface area contributed by atoms with E-state index in [9.17, 15) is 9.59 Å². The summed E-state index contributed by atoms with van der Waals surface area (Å²) in [7, 11) is 1.59. The van der Waals surface area contributed by atoms with E-state index in [1.165, 1.54) is 10.1 Å². The Morgan fingerprint density at radius 2 is 1.96 bits per heavy atom. The first-order valence-electron chi connectivity index (χ1n) is 8.41. The molecule has 3 aromatic rings. The van der Waals surface area contributed by atoms with Gasteiger partial charge in [-0.05, 0) is 18.4 Å². The van der Waals surface area contributed by atoms with Crippen LogP contribution in [-0.2, 0) is 20.0 Å². The zero-order chi connectivity index (χ0) is 18.0. The third kappa shape index (κ3) is 3.56. The van der Waals surface area contributed by atoms with E-state index in [0.29, 0.717) is 23.1 Å². The van der Waals surface area contributed by atoms with Crippen LogP contribution in [0.1, 0.15) is 25.8 Å². The maximum atomic E-state index is 11.9. The molecule has 1 unspecified atom stereocenters. The largest absolute Gasteiger partial charge is 0.317 e. The van der Waals surface area contributed by atoms with Gasteiger partial charge in [-0.15, -0.1) is 0 Å². The predicted molar refractivity (Wildman–Crippen MR) is 101 cm³/mol. The Labute approximate surface area is 149 Å². The van der Waals surface area contributed by atoms with Gasteiger partial charge in [0.1, 0.15) is 0 Å². The first-order chi connectivity index (χ1) is 12.0. The van der Waals surface area contributed by atoms with E-state index in [1.807, 2.05) is 22.8 Å². The van der Waals surface area contributed by atoms with Crippen LogP contribution in [0.4, 0.5) is 0 Å². The Bertz CT molecular complexity index is 988. The number of nitrogens with zero attached hydrogens (tertiary/aromatic N) is 3. The third-order valence-corrected chi connectivity index (χ3v) is 5.57. The number of benzene rings is 1. The number of aromatic amines is 1. The van der Waals surface area contributed by atoms with Crippen LogP contribution >= 0.6 is 11.8 Å². The fourth-order valence-electron chi connectivity index (χ4n) is 2.63. The molecular formula is C18H22N4O2S. The standard InChI is InChI=1S/C18H22N4O2S/c1-4-12(2)25-18-20-14-15(19-16(23)17(24)21(14)3)22(18)11-10-13-8-6-5-7-9-13/h5-9,12H,4,10-11H2,1-3H3,(H,19,23). The van der Waals surface area contributed by atoms with Gasteiger partial charge in [0.15, 0.2) is 16.5 Å². The molecule has 0 saturated heterocycles. The fraction of sp³-hybridized carbons (Fsp3) is 0.389. The molecule has 0 saturated carbocycles. The summed E-state index contributed by atoms with van der Waals surface area (Å²) in [6.45, 7) is 4.97. The van der Waals surface area contributed by atoms with Gasteiger partial charge in [0.05, 0.1) is 0 Å². The van der Waals surface area contributed by atoms with Gasteiger partial charge in [0, 0.05) is 18.8 Å². The Morgan fingerprint density at radius 3 is 2.64 bits per heavy atom. The van der Waals surface area contributed by atoms with Gasteiger partial charge in [-0.1, -0.05) is 55.9 Å². The number of hydrogen-bond acceptors (Lipinski definition) is 4. The summed E-state index contributed by atoms with van der Waals surface area (Å²) in [5.41, 5.74) is 1.14. The highest BCUT2D eigenvalue weighted by Crippen LogP contribution is 2.27.